The lowest BCUT2D eigenvalue weighted by molar-refractivity contribution is -0.140. The van der Waals surface area contributed by atoms with Gasteiger partial charge in [-0.1, -0.05) is 6.07 Å². The number of thioether (sulfide) groups is 1. The average Bonchev–Trinajstić information content (AvgIpc) is 3.34. The molecule has 2 aromatic heterocycles. The summed E-state index contributed by atoms with van der Waals surface area (Å²) in [6, 6.07) is 6.84. The van der Waals surface area contributed by atoms with E-state index in [2.05, 4.69) is 9.97 Å². The summed E-state index contributed by atoms with van der Waals surface area (Å²) >= 11 is 4.41. The monoisotopic (exact) mass is 526 g/mol. The van der Waals surface area contributed by atoms with Crippen LogP contribution in [-0.2, 0) is 23.1 Å². The highest BCUT2D eigenvalue weighted by Gasteiger charge is 2.34. The molecule has 0 atom stereocenters. The second kappa shape index (κ2) is 9.63. The highest BCUT2D eigenvalue weighted by atomic mass is 32.2. The first kappa shape index (κ1) is 24.6. The number of fused-ring (bicyclic) bond motifs is 1. The number of aliphatic carboxylic acids is 1. The van der Waals surface area contributed by atoms with E-state index in [9.17, 15) is 22.4 Å². The number of carboxylic acid groups (broad SMARTS) is 1. The molecule has 4 nitrogen and oxygen atoms in total. The van der Waals surface area contributed by atoms with E-state index in [1.54, 1.807) is 11.8 Å². The summed E-state index contributed by atoms with van der Waals surface area (Å²) in [5.41, 5.74) is 1.63. The maximum absolute atomic E-state index is 14.0. The normalized spacial score (nSPS) is 11.9. The molecule has 0 radical (unpaired) electrons. The summed E-state index contributed by atoms with van der Waals surface area (Å²) in [5.74, 6) is -1.58. The Kier molecular flexibility index (Phi) is 6.97. The number of alkyl halides is 3. The van der Waals surface area contributed by atoms with E-state index in [0.717, 1.165) is 48.4 Å². The van der Waals surface area contributed by atoms with E-state index in [-0.39, 0.29) is 6.42 Å². The molecule has 11 heteroatoms. The molecule has 178 valence electrons. The molecule has 1 N–H and O–H groups in total. The van der Waals surface area contributed by atoms with Crippen molar-refractivity contribution in [1.82, 2.24) is 9.97 Å². The maximum atomic E-state index is 14.0. The van der Waals surface area contributed by atoms with Crippen LogP contribution in [0.4, 0.5) is 17.6 Å². The number of thiazole rings is 2. The number of carboxylic acids is 1. The zero-order chi connectivity index (χ0) is 24.6. The number of nitrogens with zero attached hydrogens (tertiary/aromatic N) is 2. The number of halogens is 4. The Labute approximate surface area is 204 Å². The molecule has 0 amide bonds. The number of hydrogen-bond acceptors (Lipinski definition) is 6. The van der Waals surface area contributed by atoms with Gasteiger partial charge in [0.15, 0.2) is 0 Å². The van der Waals surface area contributed by atoms with Crippen molar-refractivity contribution in [1.29, 1.82) is 0 Å². The molecular weight excluding hydrogens is 508 g/mol. The van der Waals surface area contributed by atoms with Crippen molar-refractivity contribution in [2.24, 2.45) is 0 Å². The predicted octanol–water partition coefficient (Wildman–Crippen LogP) is 7.50. The summed E-state index contributed by atoms with van der Waals surface area (Å²) < 4.78 is 53.5. The third kappa shape index (κ3) is 5.26. The van der Waals surface area contributed by atoms with Gasteiger partial charge in [-0.15, -0.1) is 34.4 Å². The SMILES string of the molecule is Cc1nc(-c2ccc(C(F)(F)F)c(F)c2)sc1CSc1ccc2sc(CCC(=O)O)nc2c1C. The molecule has 4 aromatic rings. The highest BCUT2D eigenvalue weighted by molar-refractivity contribution is 7.98. The molecule has 2 aromatic carbocycles. The number of carbonyl (C=O) groups is 1. The van der Waals surface area contributed by atoms with Crippen molar-refractivity contribution in [3.05, 3.63) is 62.9 Å². The first-order valence-corrected chi connectivity index (χ1v) is 12.7. The zero-order valence-corrected chi connectivity index (χ0v) is 20.4. The van der Waals surface area contributed by atoms with Crippen LogP contribution in [-0.4, -0.2) is 21.0 Å². The summed E-state index contributed by atoms with van der Waals surface area (Å²) in [7, 11) is 0. The van der Waals surface area contributed by atoms with Gasteiger partial charge in [-0.05, 0) is 43.7 Å². The summed E-state index contributed by atoms with van der Waals surface area (Å²) in [6.07, 6.45) is -4.31. The van der Waals surface area contributed by atoms with E-state index in [1.807, 2.05) is 26.0 Å². The van der Waals surface area contributed by atoms with Crippen LogP contribution in [0.25, 0.3) is 20.8 Å². The minimum atomic E-state index is -4.74. The van der Waals surface area contributed by atoms with Crippen molar-refractivity contribution in [3.63, 3.8) is 0 Å². The Bertz CT molecular complexity index is 1380. The van der Waals surface area contributed by atoms with Gasteiger partial charge in [-0.2, -0.15) is 13.2 Å². The van der Waals surface area contributed by atoms with Crippen molar-refractivity contribution in [2.75, 3.05) is 0 Å². The molecule has 0 saturated carbocycles. The Morgan fingerprint density at radius 1 is 1.12 bits per heavy atom. The van der Waals surface area contributed by atoms with E-state index >= 15 is 0 Å². The first-order chi connectivity index (χ1) is 16.0. The van der Waals surface area contributed by atoms with E-state index in [1.165, 1.54) is 28.7 Å². The smallest absolute Gasteiger partial charge is 0.419 e. The molecule has 0 unspecified atom stereocenters. The van der Waals surface area contributed by atoms with Gasteiger partial charge in [-0.25, -0.2) is 14.4 Å². The van der Waals surface area contributed by atoms with E-state index < -0.39 is 23.5 Å². The summed E-state index contributed by atoms with van der Waals surface area (Å²) in [5, 5.41) is 10.1. The van der Waals surface area contributed by atoms with Crippen molar-refractivity contribution in [2.45, 2.75) is 43.5 Å². The lowest BCUT2D eigenvalue weighted by Gasteiger charge is -2.08. The van der Waals surface area contributed by atoms with Crippen molar-refractivity contribution in [3.8, 4) is 10.6 Å². The minimum absolute atomic E-state index is 0.0380. The third-order valence-corrected chi connectivity index (χ3v) is 8.79. The Hall–Kier alpha value is -2.50. The Morgan fingerprint density at radius 2 is 1.88 bits per heavy atom. The molecule has 0 aliphatic heterocycles. The van der Waals surface area contributed by atoms with Crippen molar-refractivity contribution >= 4 is 50.6 Å². The number of aryl methyl sites for hydroxylation is 3. The van der Waals surface area contributed by atoms with Gasteiger partial charge in [0.25, 0.3) is 0 Å². The fraction of sp³-hybridized carbons (Fsp3) is 0.261. The topological polar surface area (TPSA) is 63.1 Å². The Morgan fingerprint density at radius 3 is 2.56 bits per heavy atom. The highest BCUT2D eigenvalue weighted by Crippen LogP contribution is 2.38. The lowest BCUT2D eigenvalue weighted by atomic mass is 10.1. The van der Waals surface area contributed by atoms with Crippen LogP contribution in [0.2, 0.25) is 0 Å². The summed E-state index contributed by atoms with van der Waals surface area (Å²) in [4.78, 5) is 21.8. The van der Waals surface area contributed by atoms with Gasteiger partial charge in [-0.3, -0.25) is 4.79 Å². The van der Waals surface area contributed by atoms with Crippen LogP contribution in [0.5, 0.6) is 0 Å². The van der Waals surface area contributed by atoms with Crippen LogP contribution in [0.3, 0.4) is 0 Å². The number of benzene rings is 2. The fourth-order valence-corrected chi connectivity index (χ4v) is 6.60. The average molecular weight is 527 g/mol. The molecule has 0 spiro atoms. The maximum Gasteiger partial charge on any atom is 0.419 e. The predicted molar refractivity (Wildman–Crippen MR) is 127 cm³/mol. The summed E-state index contributed by atoms with van der Waals surface area (Å²) in [6.45, 7) is 3.79. The first-order valence-electron chi connectivity index (χ1n) is 10.1. The van der Waals surface area contributed by atoms with Gasteiger partial charge >= 0.3 is 12.1 Å². The van der Waals surface area contributed by atoms with Crippen LogP contribution >= 0.6 is 34.4 Å². The number of rotatable bonds is 7. The minimum Gasteiger partial charge on any atom is -0.481 e. The second-order valence-electron chi connectivity index (χ2n) is 7.55. The van der Waals surface area contributed by atoms with Gasteiger partial charge in [0.1, 0.15) is 10.8 Å². The molecule has 0 aliphatic carbocycles. The van der Waals surface area contributed by atoms with Gasteiger partial charge < -0.3 is 5.11 Å². The van der Waals surface area contributed by atoms with Crippen LogP contribution in [0.1, 0.15) is 33.1 Å². The molecular formula is C23H18F4N2O2S3. The van der Waals surface area contributed by atoms with E-state index in [4.69, 9.17) is 5.11 Å². The zero-order valence-electron chi connectivity index (χ0n) is 18.0. The number of aromatic nitrogens is 2. The number of hydrogen-bond donors (Lipinski definition) is 1. The van der Waals surface area contributed by atoms with Crippen molar-refractivity contribution < 1.29 is 27.5 Å². The molecule has 0 aliphatic rings. The van der Waals surface area contributed by atoms with E-state index in [0.29, 0.717) is 22.7 Å². The molecule has 0 fully saturated rings. The molecule has 0 saturated heterocycles. The van der Waals surface area contributed by atoms with Gasteiger partial charge in [0.2, 0.25) is 0 Å². The molecule has 4 rings (SSSR count). The molecule has 2 heterocycles. The largest absolute Gasteiger partial charge is 0.481 e. The second-order valence-corrected chi connectivity index (χ2v) is 10.8. The third-order valence-electron chi connectivity index (χ3n) is 5.13. The van der Waals surface area contributed by atoms with Gasteiger partial charge in [0, 0.05) is 27.5 Å². The molecule has 34 heavy (non-hydrogen) atoms. The van der Waals surface area contributed by atoms with Crippen LogP contribution in [0, 0.1) is 19.7 Å². The van der Waals surface area contributed by atoms with Gasteiger partial charge in [0.05, 0.1) is 32.9 Å². The standard InChI is InChI=1S/C23H18F4N2O2S3/c1-11-16(5-6-17-21(11)29-19(33-17)7-8-20(30)31)32-10-18-12(2)28-22(34-18)13-3-4-14(15(24)9-13)23(25,26)27/h3-6,9H,7-8,10H2,1-2H3,(H,30,31). The molecule has 0 bridgehead atoms. The van der Waals surface area contributed by atoms with Crippen LogP contribution in [0.15, 0.2) is 35.2 Å². The Balaban J connectivity index is 1.52. The van der Waals surface area contributed by atoms with Crippen LogP contribution < -0.4 is 0 Å². The lowest BCUT2D eigenvalue weighted by Crippen LogP contribution is -2.07. The quantitative estimate of drug-likeness (QED) is 0.200. The fourth-order valence-electron chi connectivity index (χ4n) is 3.34.